The zero-order valence-corrected chi connectivity index (χ0v) is 14.0. The van der Waals surface area contributed by atoms with Gasteiger partial charge in [0.15, 0.2) is 6.29 Å². The second-order valence-corrected chi connectivity index (χ2v) is 6.85. The lowest BCUT2D eigenvalue weighted by Crippen LogP contribution is -2.47. The molecule has 1 saturated heterocycles. The number of fused-ring (bicyclic) bond motifs is 1. The Bertz CT molecular complexity index is 669. The summed E-state index contributed by atoms with van der Waals surface area (Å²) in [6, 6.07) is 8.92. The first-order chi connectivity index (χ1) is 11.1. The quantitative estimate of drug-likeness (QED) is 0.863. The number of hydrogen-bond acceptors (Lipinski definition) is 3. The molecule has 4 heteroatoms. The van der Waals surface area contributed by atoms with Crippen LogP contribution in [0, 0.1) is 0 Å². The lowest BCUT2D eigenvalue weighted by molar-refractivity contribution is 0.0352. The van der Waals surface area contributed by atoms with E-state index in [-0.39, 0.29) is 0 Å². The SMILES string of the molecule is C[C@@H]1CCC[C@@H](C)N1C[C@H](O)Cn1cc(C=O)c2ccccc21. The van der Waals surface area contributed by atoms with Crippen molar-refractivity contribution in [2.75, 3.05) is 6.54 Å². The third-order valence-electron chi connectivity index (χ3n) is 5.15. The van der Waals surface area contributed by atoms with Crippen LogP contribution in [0.4, 0.5) is 0 Å². The molecule has 3 rings (SSSR count). The van der Waals surface area contributed by atoms with Crippen LogP contribution in [0.5, 0.6) is 0 Å². The van der Waals surface area contributed by atoms with Crippen LogP contribution in [-0.4, -0.2) is 45.6 Å². The van der Waals surface area contributed by atoms with Gasteiger partial charge in [0.05, 0.1) is 6.10 Å². The van der Waals surface area contributed by atoms with Crippen LogP contribution in [0.25, 0.3) is 10.9 Å². The summed E-state index contributed by atoms with van der Waals surface area (Å²) in [6.07, 6.45) is 6.00. The van der Waals surface area contributed by atoms with E-state index < -0.39 is 6.10 Å². The molecule has 0 amide bonds. The fourth-order valence-electron chi connectivity index (χ4n) is 3.88. The third-order valence-corrected chi connectivity index (χ3v) is 5.15. The number of β-amino-alcohol motifs (C(OH)–C–C–N with tert-alkyl or cyclic N) is 1. The van der Waals surface area contributed by atoms with Crippen LogP contribution >= 0.6 is 0 Å². The number of carbonyl (C=O) groups excluding carboxylic acids is 1. The van der Waals surface area contributed by atoms with Crippen LogP contribution in [0.3, 0.4) is 0 Å². The number of rotatable bonds is 5. The summed E-state index contributed by atoms with van der Waals surface area (Å²) in [4.78, 5) is 13.7. The normalized spacial score (nSPS) is 24.0. The molecule has 0 bridgehead atoms. The third kappa shape index (κ3) is 3.33. The van der Waals surface area contributed by atoms with E-state index >= 15 is 0 Å². The molecular formula is C19H26N2O2. The minimum Gasteiger partial charge on any atom is -0.390 e. The van der Waals surface area contributed by atoms with Crippen molar-refractivity contribution in [1.82, 2.24) is 9.47 Å². The van der Waals surface area contributed by atoms with Gasteiger partial charge < -0.3 is 9.67 Å². The topological polar surface area (TPSA) is 45.5 Å². The highest BCUT2D eigenvalue weighted by molar-refractivity contribution is 5.97. The molecule has 0 radical (unpaired) electrons. The highest BCUT2D eigenvalue weighted by Crippen LogP contribution is 2.24. The van der Waals surface area contributed by atoms with Crippen molar-refractivity contribution in [3.05, 3.63) is 36.0 Å². The second-order valence-electron chi connectivity index (χ2n) is 6.85. The number of aldehydes is 1. The molecule has 2 heterocycles. The first kappa shape index (κ1) is 16.2. The van der Waals surface area contributed by atoms with Gasteiger partial charge in [-0.05, 0) is 32.8 Å². The number of para-hydroxylation sites is 1. The zero-order valence-electron chi connectivity index (χ0n) is 14.0. The molecule has 1 aromatic heterocycles. The predicted molar refractivity (Wildman–Crippen MR) is 92.8 cm³/mol. The molecule has 23 heavy (non-hydrogen) atoms. The summed E-state index contributed by atoms with van der Waals surface area (Å²) in [6.45, 7) is 5.70. The number of piperidine rings is 1. The first-order valence-corrected chi connectivity index (χ1v) is 8.57. The van der Waals surface area contributed by atoms with Crippen molar-refractivity contribution in [3.8, 4) is 0 Å². The molecule has 3 atom stereocenters. The summed E-state index contributed by atoms with van der Waals surface area (Å²) < 4.78 is 2.00. The average Bonchev–Trinajstić information content (AvgIpc) is 2.89. The van der Waals surface area contributed by atoms with E-state index in [0.29, 0.717) is 30.7 Å². The predicted octanol–water partition coefficient (Wildman–Crippen LogP) is 3.08. The highest BCUT2D eigenvalue weighted by atomic mass is 16.3. The Balaban J connectivity index is 1.75. The lowest BCUT2D eigenvalue weighted by atomic mass is 9.97. The molecule has 0 spiro atoms. The highest BCUT2D eigenvalue weighted by Gasteiger charge is 2.26. The van der Waals surface area contributed by atoms with Crippen molar-refractivity contribution >= 4 is 17.2 Å². The largest absolute Gasteiger partial charge is 0.390 e. The second kappa shape index (κ2) is 6.85. The maximum atomic E-state index is 11.2. The Morgan fingerprint density at radius 1 is 1.22 bits per heavy atom. The van der Waals surface area contributed by atoms with Crippen LogP contribution in [0.2, 0.25) is 0 Å². The standard InChI is InChI=1S/C19H26N2O2/c1-14-6-5-7-15(2)21(14)12-17(23)11-20-10-16(13-22)18-8-3-4-9-19(18)20/h3-4,8-10,13-15,17,23H,5-7,11-12H2,1-2H3/t14-,15-,17-/m1/s1. The number of benzene rings is 1. The molecule has 1 aromatic carbocycles. The number of nitrogens with zero attached hydrogens (tertiary/aromatic N) is 2. The molecular weight excluding hydrogens is 288 g/mol. The number of hydrogen-bond donors (Lipinski definition) is 1. The van der Waals surface area contributed by atoms with E-state index in [1.165, 1.54) is 19.3 Å². The molecule has 1 N–H and O–H groups in total. The van der Waals surface area contributed by atoms with Gasteiger partial charge in [-0.2, -0.15) is 0 Å². The number of likely N-dealkylation sites (tertiary alicyclic amines) is 1. The van der Waals surface area contributed by atoms with Crippen molar-refractivity contribution < 1.29 is 9.90 Å². The Labute approximate surface area is 137 Å². The number of aromatic nitrogens is 1. The lowest BCUT2D eigenvalue weighted by Gasteiger charge is -2.40. The monoisotopic (exact) mass is 314 g/mol. The molecule has 124 valence electrons. The maximum Gasteiger partial charge on any atom is 0.152 e. The first-order valence-electron chi connectivity index (χ1n) is 8.57. The van der Waals surface area contributed by atoms with Gasteiger partial charge in [-0.25, -0.2) is 0 Å². The number of carbonyl (C=O) groups is 1. The maximum absolute atomic E-state index is 11.2. The zero-order chi connectivity index (χ0) is 16.4. The summed E-state index contributed by atoms with van der Waals surface area (Å²) in [7, 11) is 0. The molecule has 1 aliphatic heterocycles. The Morgan fingerprint density at radius 3 is 2.61 bits per heavy atom. The van der Waals surface area contributed by atoms with Crippen molar-refractivity contribution in [3.63, 3.8) is 0 Å². The fourth-order valence-corrected chi connectivity index (χ4v) is 3.88. The molecule has 4 nitrogen and oxygen atoms in total. The van der Waals surface area contributed by atoms with Gasteiger partial charge in [0.25, 0.3) is 0 Å². The fraction of sp³-hybridized carbons (Fsp3) is 0.526. The van der Waals surface area contributed by atoms with Crippen molar-refractivity contribution in [2.24, 2.45) is 0 Å². The molecule has 1 fully saturated rings. The van der Waals surface area contributed by atoms with E-state index in [0.717, 1.165) is 17.2 Å². The van der Waals surface area contributed by atoms with Gasteiger partial charge >= 0.3 is 0 Å². The van der Waals surface area contributed by atoms with E-state index in [1.807, 2.05) is 35.0 Å². The van der Waals surface area contributed by atoms with Gasteiger partial charge in [-0.3, -0.25) is 9.69 Å². The summed E-state index contributed by atoms with van der Waals surface area (Å²) in [5.74, 6) is 0. The van der Waals surface area contributed by atoms with Crippen LogP contribution < -0.4 is 0 Å². The summed E-state index contributed by atoms with van der Waals surface area (Å²) in [5.41, 5.74) is 1.70. The molecule has 2 aromatic rings. The summed E-state index contributed by atoms with van der Waals surface area (Å²) >= 11 is 0. The minimum atomic E-state index is -0.437. The molecule has 0 aliphatic carbocycles. The molecule has 0 unspecified atom stereocenters. The van der Waals surface area contributed by atoms with E-state index in [1.54, 1.807) is 0 Å². The number of aliphatic hydroxyl groups excluding tert-OH is 1. The van der Waals surface area contributed by atoms with Gasteiger partial charge in [0, 0.05) is 47.8 Å². The van der Waals surface area contributed by atoms with Crippen LogP contribution in [-0.2, 0) is 6.54 Å². The van der Waals surface area contributed by atoms with Crippen LogP contribution in [0.1, 0.15) is 43.5 Å². The van der Waals surface area contributed by atoms with Gasteiger partial charge in [0.1, 0.15) is 0 Å². The molecule has 0 saturated carbocycles. The van der Waals surface area contributed by atoms with Gasteiger partial charge in [-0.15, -0.1) is 0 Å². The minimum absolute atomic E-state index is 0.437. The average molecular weight is 314 g/mol. The smallest absolute Gasteiger partial charge is 0.152 e. The Morgan fingerprint density at radius 2 is 1.91 bits per heavy atom. The Kier molecular flexibility index (Phi) is 4.83. The van der Waals surface area contributed by atoms with E-state index in [2.05, 4.69) is 18.7 Å². The van der Waals surface area contributed by atoms with Crippen LogP contribution in [0.15, 0.2) is 30.5 Å². The Hall–Kier alpha value is -1.65. The van der Waals surface area contributed by atoms with Crippen molar-refractivity contribution in [1.29, 1.82) is 0 Å². The summed E-state index contributed by atoms with van der Waals surface area (Å²) in [5, 5.41) is 11.5. The van der Waals surface area contributed by atoms with Crippen molar-refractivity contribution in [2.45, 2.75) is 57.8 Å². The molecule has 1 aliphatic rings. The van der Waals surface area contributed by atoms with Gasteiger partial charge in [0.2, 0.25) is 0 Å². The number of aliphatic hydroxyl groups is 1. The van der Waals surface area contributed by atoms with E-state index in [4.69, 9.17) is 0 Å². The van der Waals surface area contributed by atoms with Gasteiger partial charge in [-0.1, -0.05) is 24.6 Å². The van der Waals surface area contributed by atoms with E-state index in [9.17, 15) is 9.90 Å².